The predicted octanol–water partition coefficient (Wildman–Crippen LogP) is 3.87. The summed E-state index contributed by atoms with van der Waals surface area (Å²) < 4.78 is 21.5. The number of para-hydroxylation sites is 3. The van der Waals surface area contributed by atoms with Crippen molar-refractivity contribution in [1.82, 2.24) is 0 Å². The molecule has 1 aromatic heterocycles. The summed E-state index contributed by atoms with van der Waals surface area (Å²) in [6.07, 6.45) is 0. The first-order chi connectivity index (χ1) is 11.7. The zero-order chi connectivity index (χ0) is 16.9. The van der Waals surface area contributed by atoms with E-state index in [-0.39, 0.29) is 13.2 Å². The fourth-order valence-corrected chi connectivity index (χ4v) is 2.43. The second-order valence-corrected chi connectivity index (χ2v) is 5.25. The Labute approximate surface area is 139 Å². The van der Waals surface area contributed by atoms with Crippen LogP contribution in [0.3, 0.4) is 0 Å². The number of rotatable bonds is 6. The summed E-state index contributed by atoms with van der Waals surface area (Å²) in [5, 5.41) is 1.02. The van der Waals surface area contributed by atoms with E-state index in [0.717, 1.165) is 16.5 Å². The van der Waals surface area contributed by atoms with Crippen LogP contribution in [-0.2, 0) is 16.1 Å². The Morgan fingerprint density at radius 2 is 1.75 bits per heavy atom. The fraction of sp³-hybridized carbons (Fsp3) is 0.211. The molecule has 0 saturated carbocycles. The lowest BCUT2D eigenvalue weighted by Gasteiger charge is -2.09. The number of fused-ring (bicyclic) bond motifs is 1. The van der Waals surface area contributed by atoms with Crippen LogP contribution < -0.4 is 9.47 Å². The van der Waals surface area contributed by atoms with E-state index in [4.69, 9.17) is 18.6 Å². The molecule has 3 rings (SSSR count). The average Bonchev–Trinajstić information content (AvgIpc) is 2.94. The maximum absolute atomic E-state index is 11.9. The monoisotopic (exact) mass is 326 g/mol. The molecule has 5 nitrogen and oxygen atoms in total. The Morgan fingerprint density at radius 3 is 2.50 bits per heavy atom. The SMILES string of the molecule is COc1ccccc1OCC(=O)OCc1oc2ccccc2c1C. The number of furan rings is 1. The molecule has 5 heteroatoms. The Balaban J connectivity index is 1.58. The number of carbonyl (C=O) groups is 1. The summed E-state index contributed by atoms with van der Waals surface area (Å²) in [5.74, 6) is 1.23. The van der Waals surface area contributed by atoms with Crippen molar-refractivity contribution in [3.05, 3.63) is 59.9 Å². The highest BCUT2D eigenvalue weighted by Crippen LogP contribution is 2.26. The van der Waals surface area contributed by atoms with Gasteiger partial charge in [0.25, 0.3) is 0 Å². The normalized spacial score (nSPS) is 10.6. The summed E-state index contributed by atoms with van der Waals surface area (Å²) in [4.78, 5) is 11.9. The molecule has 0 aliphatic heterocycles. The summed E-state index contributed by atoms with van der Waals surface area (Å²) in [7, 11) is 1.55. The van der Waals surface area contributed by atoms with Crippen LogP contribution in [0.4, 0.5) is 0 Å². The number of esters is 1. The largest absolute Gasteiger partial charge is 0.493 e. The van der Waals surface area contributed by atoms with Crippen LogP contribution >= 0.6 is 0 Å². The minimum Gasteiger partial charge on any atom is -0.493 e. The molecule has 3 aromatic rings. The van der Waals surface area contributed by atoms with Crippen LogP contribution in [0.2, 0.25) is 0 Å². The molecule has 24 heavy (non-hydrogen) atoms. The minimum atomic E-state index is -0.472. The lowest BCUT2D eigenvalue weighted by Crippen LogP contribution is -2.15. The molecule has 0 aliphatic carbocycles. The van der Waals surface area contributed by atoms with Gasteiger partial charge in [0.05, 0.1) is 7.11 Å². The summed E-state index contributed by atoms with van der Waals surface area (Å²) in [6.45, 7) is 1.83. The van der Waals surface area contributed by atoms with Crippen molar-refractivity contribution >= 4 is 16.9 Å². The number of ether oxygens (including phenoxy) is 3. The van der Waals surface area contributed by atoms with Crippen LogP contribution in [0.15, 0.2) is 52.9 Å². The van der Waals surface area contributed by atoms with E-state index >= 15 is 0 Å². The van der Waals surface area contributed by atoms with Crippen molar-refractivity contribution in [1.29, 1.82) is 0 Å². The van der Waals surface area contributed by atoms with Crippen LogP contribution in [-0.4, -0.2) is 19.7 Å². The van der Waals surface area contributed by atoms with E-state index in [0.29, 0.717) is 17.3 Å². The van der Waals surface area contributed by atoms with Crippen molar-refractivity contribution < 1.29 is 23.4 Å². The Bertz CT molecular complexity index is 850. The van der Waals surface area contributed by atoms with Crippen molar-refractivity contribution in [2.75, 3.05) is 13.7 Å². The molecule has 0 saturated heterocycles. The maximum Gasteiger partial charge on any atom is 0.344 e. The van der Waals surface area contributed by atoms with Gasteiger partial charge in [-0.2, -0.15) is 0 Å². The highest BCUT2D eigenvalue weighted by atomic mass is 16.6. The second-order valence-electron chi connectivity index (χ2n) is 5.25. The number of carbonyl (C=O) groups excluding carboxylic acids is 1. The molecule has 0 unspecified atom stereocenters. The molecule has 0 atom stereocenters. The van der Waals surface area contributed by atoms with E-state index in [9.17, 15) is 4.79 Å². The average molecular weight is 326 g/mol. The standard InChI is InChI=1S/C19H18O5/c1-13-14-7-3-4-8-15(14)24-18(13)11-23-19(20)12-22-17-10-6-5-9-16(17)21-2/h3-10H,11-12H2,1-2H3. The number of benzene rings is 2. The molecule has 0 amide bonds. The molecule has 0 aliphatic rings. The van der Waals surface area contributed by atoms with Gasteiger partial charge >= 0.3 is 5.97 Å². The van der Waals surface area contributed by atoms with E-state index in [2.05, 4.69) is 0 Å². The van der Waals surface area contributed by atoms with E-state index < -0.39 is 5.97 Å². The van der Waals surface area contributed by atoms with Crippen molar-refractivity contribution in [3.63, 3.8) is 0 Å². The zero-order valence-electron chi connectivity index (χ0n) is 13.6. The first-order valence-corrected chi connectivity index (χ1v) is 7.57. The fourth-order valence-electron chi connectivity index (χ4n) is 2.43. The lowest BCUT2D eigenvalue weighted by molar-refractivity contribution is -0.147. The van der Waals surface area contributed by atoms with Crippen molar-refractivity contribution in [2.24, 2.45) is 0 Å². The van der Waals surface area contributed by atoms with Crippen LogP contribution in [0.25, 0.3) is 11.0 Å². The number of methoxy groups -OCH3 is 1. The molecule has 124 valence electrons. The highest BCUT2D eigenvalue weighted by molar-refractivity contribution is 5.82. The van der Waals surface area contributed by atoms with Gasteiger partial charge in [0, 0.05) is 10.9 Å². The van der Waals surface area contributed by atoms with Gasteiger partial charge in [-0.05, 0) is 25.1 Å². The molecule has 0 radical (unpaired) electrons. The lowest BCUT2D eigenvalue weighted by atomic mass is 10.1. The Kier molecular flexibility index (Phi) is 4.70. The van der Waals surface area contributed by atoms with Crippen LogP contribution in [0.1, 0.15) is 11.3 Å². The smallest absolute Gasteiger partial charge is 0.344 e. The number of hydrogen-bond acceptors (Lipinski definition) is 5. The maximum atomic E-state index is 11.9. The predicted molar refractivity (Wildman–Crippen MR) is 89.2 cm³/mol. The Hall–Kier alpha value is -2.95. The summed E-state index contributed by atoms with van der Waals surface area (Å²) in [5.41, 5.74) is 1.76. The number of hydrogen-bond donors (Lipinski definition) is 0. The Morgan fingerprint density at radius 1 is 1.04 bits per heavy atom. The minimum absolute atomic E-state index is 0.0780. The molecule has 0 bridgehead atoms. The molecule has 1 heterocycles. The van der Waals surface area contributed by atoms with Gasteiger partial charge in [0.15, 0.2) is 18.1 Å². The van der Waals surface area contributed by atoms with Gasteiger partial charge in [0.1, 0.15) is 18.0 Å². The topological polar surface area (TPSA) is 57.9 Å². The van der Waals surface area contributed by atoms with Gasteiger partial charge in [-0.1, -0.05) is 30.3 Å². The first kappa shape index (κ1) is 15.9. The third-order valence-corrected chi connectivity index (χ3v) is 3.72. The zero-order valence-corrected chi connectivity index (χ0v) is 13.6. The second kappa shape index (κ2) is 7.08. The summed E-state index contributed by atoms with van der Waals surface area (Å²) >= 11 is 0. The third kappa shape index (κ3) is 3.35. The molecule has 0 spiro atoms. The number of aryl methyl sites for hydroxylation is 1. The van der Waals surface area contributed by atoms with E-state index in [1.165, 1.54) is 0 Å². The summed E-state index contributed by atoms with van der Waals surface area (Å²) in [6, 6.07) is 14.8. The molecule has 0 N–H and O–H groups in total. The first-order valence-electron chi connectivity index (χ1n) is 7.57. The van der Waals surface area contributed by atoms with E-state index in [1.54, 1.807) is 25.3 Å². The van der Waals surface area contributed by atoms with Crippen molar-refractivity contribution in [2.45, 2.75) is 13.5 Å². The van der Waals surface area contributed by atoms with Crippen LogP contribution in [0, 0.1) is 6.92 Å². The van der Waals surface area contributed by atoms with Gasteiger partial charge in [0.2, 0.25) is 0 Å². The third-order valence-electron chi connectivity index (χ3n) is 3.72. The van der Waals surface area contributed by atoms with Crippen LogP contribution in [0.5, 0.6) is 11.5 Å². The van der Waals surface area contributed by atoms with Crippen molar-refractivity contribution in [3.8, 4) is 11.5 Å². The van der Waals surface area contributed by atoms with E-state index in [1.807, 2.05) is 37.3 Å². The molecule has 2 aromatic carbocycles. The quantitative estimate of drug-likeness (QED) is 0.644. The van der Waals surface area contributed by atoms with Gasteiger partial charge in [-0.25, -0.2) is 4.79 Å². The van der Waals surface area contributed by atoms with Gasteiger partial charge in [-0.15, -0.1) is 0 Å². The molecular formula is C19H18O5. The molecular weight excluding hydrogens is 308 g/mol. The van der Waals surface area contributed by atoms with Gasteiger partial charge in [-0.3, -0.25) is 0 Å². The molecule has 0 fully saturated rings. The van der Waals surface area contributed by atoms with Gasteiger partial charge < -0.3 is 18.6 Å². The highest BCUT2D eigenvalue weighted by Gasteiger charge is 2.13.